The van der Waals surface area contributed by atoms with Crippen molar-refractivity contribution in [1.82, 2.24) is 5.32 Å². The van der Waals surface area contributed by atoms with Crippen molar-refractivity contribution in [2.45, 2.75) is 57.5 Å². The highest BCUT2D eigenvalue weighted by Crippen LogP contribution is 2.44. The van der Waals surface area contributed by atoms with E-state index >= 15 is 0 Å². The van der Waals surface area contributed by atoms with Gasteiger partial charge in [0.15, 0.2) is 0 Å². The van der Waals surface area contributed by atoms with Crippen LogP contribution in [0.4, 0.5) is 0 Å². The molecule has 0 aliphatic heterocycles. The maximum atomic E-state index is 11.7. The molecule has 0 aromatic heterocycles. The van der Waals surface area contributed by atoms with Crippen LogP contribution in [0.15, 0.2) is 0 Å². The van der Waals surface area contributed by atoms with Gasteiger partial charge in [0.05, 0.1) is 0 Å². The van der Waals surface area contributed by atoms with E-state index in [2.05, 4.69) is 5.32 Å². The molecule has 2 aliphatic rings. The van der Waals surface area contributed by atoms with Gasteiger partial charge in [0, 0.05) is 18.5 Å². The fraction of sp³-hybridized carbons (Fsp3) is 0.917. The summed E-state index contributed by atoms with van der Waals surface area (Å²) in [6, 6.07) is 0.627. The van der Waals surface area contributed by atoms with Gasteiger partial charge in [0.1, 0.15) is 0 Å². The number of carbonyl (C=O) groups is 1. The highest BCUT2D eigenvalue weighted by atomic mass is 16.1. The first-order chi connectivity index (χ1) is 7.16. The molecule has 1 unspecified atom stereocenters. The molecule has 86 valence electrons. The number of hydrogen-bond acceptors (Lipinski definition) is 2. The van der Waals surface area contributed by atoms with Crippen molar-refractivity contribution in [3.05, 3.63) is 0 Å². The Bertz CT molecular complexity index is 220. The van der Waals surface area contributed by atoms with Crippen LogP contribution in [0.3, 0.4) is 0 Å². The van der Waals surface area contributed by atoms with Gasteiger partial charge in [-0.3, -0.25) is 4.79 Å². The van der Waals surface area contributed by atoms with Crippen LogP contribution in [-0.2, 0) is 4.79 Å². The van der Waals surface area contributed by atoms with E-state index in [9.17, 15) is 4.79 Å². The van der Waals surface area contributed by atoms with Crippen molar-refractivity contribution in [3.8, 4) is 0 Å². The molecule has 0 aromatic rings. The van der Waals surface area contributed by atoms with Gasteiger partial charge in [-0.05, 0) is 50.9 Å². The molecule has 2 rings (SSSR count). The second-order valence-electron chi connectivity index (χ2n) is 5.28. The van der Waals surface area contributed by atoms with Crippen molar-refractivity contribution < 1.29 is 4.79 Å². The van der Waals surface area contributed by atoms with Crippen molar-refractivity contribution in [2.24, 2.45) is 17.6 Å². The van der Waals surface area contributed by atoms with Crippen LogP contribution in [-0.4, -0.2) is 18.0 Å². The monoisotopic (exact) mass is 210 g/mol. The minimum atomic E-state index is 0.135. The zero-order valence-electron chi connectivity index (χ0n) is 9.54. The lowest BCUT2D eigenvalue weighted by molar-refractivity contribution is -0.122. The van der Waals surface area contributed by atoms with E-state index in [-0.39, 0.29) is 11.9 Å². The SMILES string of the molecule is CC(N)CCC(=O)NC(C1CC1)C1CC1. The molecule has 1 atom stereocenters. The first-order valence-corrected chi connectivity index (χ1v) is 6.21. The van der Waals surface area contributed by atoms with E-state index in [0.29, 0.717) is 12.5 Å². The molecule has 3 N–H and O–H groups in total. The Balaban J connectivity index is 1.71. The van der Waals surface area contributed by atoms with Gasteiger partial charge in [-0.1, -0.05) is 0 Å². The number of rotatable bonds is 6. The summed E-state index contributed by atoms with van der Waals surface area (Å²) in [5.74, 6) is 1.78. The molecule has 0 spiro atoms. The number of hydrogen-bond donors (Lipinski definition) is 2. The summed E-state index contributed by atoms with van der Waals surface area (Å²) in [6.07, 6.45) is 6.65. The van der Waals surface area contributed by atoms with E-state index < -0.39 is 0 Å². The van der Waals surface area contributed by atoms with Gasteiger partial charge in [-0.15, -0.1) is 0 Å². The molecule has 2 saturated carbocycles. The molecule has 1 amide bonds. The van der Waals surface area contributed by atoms with Crippen molar-refractivity contribution >= 4 is 5.91 Å². The Morgan fingerprint density at radius 1 is 1.33 bits per heavy atom. The maximum Gasteiger partial charge on any atom is 0.220 e. The van der Waals surface area contributed by atoms with Crippen molar-refractivity contribution in [1.29, 1.82) is 0 Å². The number of nitrogens with two attached hydrogens (primary N) is 1. The van der Waals surface area contributed by atoms with E-state index in [4.69, 9.17) is 5.73 Å². The average molecular weight is 210 g/mol. The van der Waals surface area contributed by atoms with Crippen LogP contribution in [0.1, 0.15) is 45.4 Å². The third-order valence-electron chi connectivity index (χ3n) is 3.41. The van der Waals surface area contributed by atoms with Gasteiger partial charge in [0.2, 0.25) is 5.91 Å². The Labute approximate surface area is 91.8 Å². The summed E-state index contributed by atoms with van der Waals surface area (Å²) >= 11 is 0. The molecule has 15 heavy (non-hydrogen) atoms. The molecule has 0 radical (unpaired) electrons. The standard InChI is InChI=1S/C12H22N2O/c1-8(13)2-7-11(15)14-12(9-3-4-9)10-5-6-10/h8-10,12H,2-7,13H2,1H3,(H,14,15). The summed E-state index contributed by atoms with van der Waals surface area (Å²) in [7, 11) is 0. The Hall–Kier alpha value is -0.570. The average Bonchev–Trinajstić information content (AvgIpc) is 3.02. The van der Waals surface area contributed by atoms with Crippen LogP contribution >= 0.6 is 0 Å². The molecule has 3 nitrogen and oxygen atoms in total. The Morgan fingerprint density at radius 2 is 1.87 bits per heavy atom. The normalized spacial score (nSPS) is 22.9. The van der Waals surface area contributed by atoms with Crippen LogP contribution in [0.5, 0.6) is 0 Å². The first-order valence-electron chi connectivity index (χ1n) is 6.21. The lowest BCUT2D eigenvalue weighted by atomic mass is 10.1. The molecular weight excluding hydrogens is 188 g/mol. The maximum absolute atomic E-state index is 11.7. The van der Waals surface area contributed by atoms with Gasteiger partial charge in [-0.25, -0.2) is 0 Å². The van der Waals surface area contributed by atoms with Crippen LogP contribution in [0, 0.1) is 11.8 Å². The van der Waals surface area contributed by atoms with Gasteiger partial charge in [0.25, 0.3) is 0 Å². The molecular formula is C12H22N2O. The van der Waals surface area contributed by atoms with Gasteiger partial charge >= 0.3 is 0 Å². The molecule has 2 fully saturated rings. The van der Waals surface area contributed by atoms with E-state index in [1.54, 1.807) is 0 Å². The van der Waals surface area contributed by atoms with Crippen LogP contribution in [0.25, 0.3) is 0 Å². The zero-order chi connectivity index (χ0) is 10.8. The smallest absolute Gasteiger partial charge is 0.220 e. The van der Waals surface area contributed by atoms with Gasteiger partial charge in [-0.2, -0.15) is 0 Å². The lowest BCUT2D eigenvalue weighted by Crippen LogP contribution is -2.38. The van der Waals surface area contributed by atoms with Crippen LogP contribution < -0.4 is 11.1 Å². The fourth-order valence-corrected chi connectivity index (χ4v) is 2.15. The topological polar surface area (TPSA) is 55.1 Å². The number of nitrogens with one attached hydrogen (secondary N) is 1. The fourth-order valence-electron chi connectivity index (χ4n) is 2.15. The van der Waals surface area contributed by atoms with Gasteiger partial charge < -0.3 is 11.1 Å². The summed E-state index contributed by atoms with van der Waals surface area (Å²) in [5, 5.41) is 3.20. The predicted molar refractivity (Wildman–Crippen MR) is 60.3 cm³/mol. The molecule has 3 heteroatoms. The molecule has 0 heterocycles. The number of amides is 1. The first kappa shape index (κ1) is 10.9. The molecule has 0 aromatic carbocycles. The molecule has 2 aliphatic carbocycles. The Morgan fingerprint density at radius 3 is 2.27 bits per heavy atom. The highest BCUT2D eigenvalue weighted by Gasteiger charge is 2.41. The summed E-state index contributed by atoms with van der Waals surface area (Å²) in [4.78, 5) is 11.7. The second kappa shape index (κ2) is 4.52. The van der Waals surface area contributed by atoms with E-state index in [1.807, 2.05) is 6.92 Å². The zero-order valence-corrected chi connectivity index (χ0v) is 9.54. The van der Waals surface area contributed by atoms with Crippen LogP contribution in [0.2, 0.25) is 0 Å². The lowest BCUT2D eigenvalue weighted by Gasteiger charge is -2.17. The largest absolute Gasteiger partial charge is 0.353 e. The number of carbonyl (C=O) groups excluding carboxylic acids is 1. The summed E-state index contributed by atoms with van der Waals surface area (Å²) in [5.41, 5.74) is 5.64. The molecule has 0 bridgehead atoms. The van der Waals surface area contributed by atoms with E-state index in [0.717, 1.165) is 18.3 Å². The third kappa shape index (κ3) is 3.49. The Kier molecular flexibility index (Phi) is 3.29. The quantitative estimate of drug-likeness (QED) is 0.696. The minimum absolute atomic E-state index is 0.135. The summed E-state index contributed by atoms with van der Waals surface area (Å²) < 4.78 is 0. The third-order valence-corrected chi connectivity index (χ3v) is 3.41. The highest BCUT2D eigenvalue weighted by molar-refractivity contribution is 5.76. The van der Waals surface area contributed by atoms with E-state index in [1.165, 1.54) is 25.7 Å². The summed E-state index contributed by atoms with van der Waals surface area (Å²) in [6.45, 7) is 1.95. The second-order valence-corrected chi connectivity index (χ2v) is 5.28. The van der Waals surface area contributed by atoms with Crippen molar-refractivity contribution in [3.63, 3.8) is 0 Å². The minimum Gasteiger partial charge on any atom is -0.353 e. The predicted octanol–water partition coefficient (Wildman–Crippen LogP) is 1.42. The van der Waals surface area contributed by atoms with Crippen molar-refractivity contribution in [2.75, 3.05) is 0 Å². The molecule has 0 saturated heterocycles.